The number of aryl methyl sites for hydroxylation is 2. The van der Waals surface area contributed by atoms with Crippen molar-refractivity contribution in [2.45, 2.75) is 89.8 Å². The van der Waals surface area contributed by atoms with Gasteiger partial charge in [-0.25, -0.2) is 18.4 Å². The van der Waals surface area contributed by atoms with Crippen LogP contribution in [0, 0.1) is 17.6 Å². The van der Waals surface area contributed by atoms with Gasteiger partial charge in [0, 0.05) is 33.0 Å². The van der Waals surface area contributed by atoms with Crippen LogP contribution in [0.5, 0.6) is 0 Å². The van der Waals surface area contributed by atoms with Gasteiger partial charge >= 0.3 is 11.8 Å². The molecule has 4 amide bonds. The van der Waals surface area contributed by atoms with Gasteiger partial charge in [0.2, 0.25) is 17.7 Å². The molecule has 0 radical (unpaired) electrons. The number of alkyl carbamates (subject to hydrolysis) is 1. The molecule has 11 nitrogen and oxygen atoms in total. The number of fused-ring (bicyclic) bond motifs is 1. The third kappa shape index (κ3) is 7.94. The van der Waals surface area contributed by atoms with Crippen LogP contribution in [0.3, 0.4) is 0 Å². The molecule has 2 unspecified atom stereocenters. The van der Waals surface area contributed by atoms with Crippen LogP contribution in [0.15, 0.2) is 41.2 Å². The fourth-order valence-corrected chi connectivity index (χ4v) is 6.75. The number of carbonyl (C=O) groups excluding carboxylic acids is 4. The zero-order chi connectivity index (χ0) is 34.7. The van der Waals surface area contributed by atoms with Crippen molar-refractivity contribution in [2.75, 3.05) is 13.1 Å². The standard InChI is InChI=1S/C35H43F2N5O6/c1-35(2,3)48-33(46)38-26(20-22-11-12-24(36)25(37)19-22)32(45)41-17-15-21(16-18-41)7-5-8-23-9-6-10-27-30(23)40(4)34(47)42(27)28-13-14-29(43)39-31(28)44/h6,9-12,19,21,26,28H,5,7-8,13-18,20H2,1-4H3,(H,38,46)(H,39,43,44). The van der Waals surface area contributed by atoms with Crippen molar-refractivity contribution in [3.05, 3.63) is 69.6 Å². The number of likely N-dealkylation sites (tertiary alicyclic amines) is 1. The minimum Gasteiger partial charge on any atom is -0.444 e. The van der Waals surface area contributed by atoms with E-state index in [9.17, 15) is 32.8 Å². The zero-order valence-corrected chi connectivity index (χ0v) is 27.8. The third-order valence-corrected chi connectivity index (χ3v) is 9.11. The third-order valence-electron chi connectivity index (χ3n) is 9.11. The Bertz CT molecular complexity index is 1770. The maximum absolute atomic E-state index is 13.9. The summed E-state index contributed by atoms with van der Waals surface area (Å²) in [5.41, 5.74) is 1.73. The van der Waals surface area contributed by atoms with Crippen LogP contribution in [-0.4, -0.2) is 62.6 Å². The minimum absolute atomic E-state index is 0.0193. The Balaban J connectivity index is 1.20. The quantitative estimate of drug-likeness (QED) is 0.328. The molecule has 2 aliphatic rings. The minimum atomic E-state index is -1.03. The summed E-state index contributed by atoms with van der Waals surface area (Å²) in [5, 5.41) is 4.97. The number of carbonyl (C=O) groups is 4. The number of para-hydroxylation sites is 1. The molecule has 0 bridgehead atoms. The molecule has 2 fully saturated rings. The van der Waals surface area contributed by atoms with Crippen LogP contribution in [0.4, 0.5) is 13.6 Å². The van der Waals surface area contributed by atoms with Crippen LogP contribution >= 0.6 is 0 Å². The van der Waals surface area contributed by atoms with Gasteiger partial charge in [0.1, 0.15) is 17.7 Å². The van der Waals surface area contributed by atoms with E-state index in [1.54, 1.807) is 37.3 Å². The average Bonchev–Trinajstić information content (AvgIpc) is 3.27. The maximum Gasteiger partial charge on any atom is 0.408 e. The molecule has 258 valence electrons. The number of ether oxygens (including phenoxy) is 1. The van der Waals surface area contributed by atoms with E-state index in [4.69, 9.17) is 4.74 Å². The SMILES string of the molecule is Cn1c(=O)n(C2CCC(=O)NC2=O)c2cccc(CCCC3CCN(C(=O)C(Cc4ccc(F)c(F)c4)NC(=O)OC(C)(C)C)CC3)c21. The lowest BCUT2D eigenvalue weighted by Gasteiger charge is -2.34. The lowest BCUT2D eigenvalue weighted by molar-refractivity contribution is -0.136. The Hall–Kier alpha value is -4.55. The average molecular weight is 668 g/mol. The van der Waals surface area contributed by atoms with Gasteiger partial charge < -0.3 is 15.0 Å². The van der Waals surface area contributed by atoms with E-state index < -0.39 is 41.3 Å². The Kier molecular flexibility index (Phi) is 10.4. The second kappa shape index (κ2) is 14.3. The Labute approximate surface area is 277 Å². The molecule has 2 aliphatic heterocycles. The van der Waals surface area contributed by atoms with Crippen molar-refractivity contribution in [3.8, 4) is 0 Å². The van der Waals surface area contributed by atoms with Gasteiger partial charge in [-0.05, 0) is 94.5 Å². The fourth-order valence-electron chi connectivity index (χ4n) is 6.75. The topological polar surface area (TPSA) is 132 Å². The Morgan fingerprint density at radius 3 is 2.44 bits per heavy atom. The van der Waals surface area contributed by atoms with Gasteiger partial charge in [0.25, 0.3) is 0 Å². The van der Waals surface area contributed by atoms with Crippen molar-refractivity contribution < 1.29 is 32.7 Å². The molecule has 0 spiro atoms. The highest BCUT2D eigenvalue weighted by molar-refractivity contribution is 6.00. The second-order valence-electron chi connectivity index (χ2n) is 13.8. The highest BCUT2D eigenvalue weighted by Gasteiger charge is 2.33. The van der Waals surface area contributed by atoms with Gasteiger partial charge in [0.15, 0.2) is 11.6 Å². The van der Waals surface area contributed by atoms with E-state index in [2.05, 4.69) is 10.6 Å². The molecular formula is C35H43F2N5O6. The number of amides is 4. The molecule has 5 rings (SSSR count). The van der Waals surface area contributed by atoms with Crippen molar-refractivity contribution >= 4 is 34.8 Å². The van der Waals surface area contributed by atoms with Crippen molar-refractivity contribution in [2.24, 2.45) is 13.0 Å². The van der Waals surface area contributed by atoms with E-state index in [1.807, 2.05) is 18.2 Å². The summed E-state index contributed by atoms with van der Waals surface area (Å²) in [7, 11) is 1.70. The molecule has 2 saturated heterocycles. The number of nitrogens with one attached hydrogen (secondary N) is 2. The predicted octanol–water partition coefficient (Wildman–Crippen LogP) is 4.29. The summed E-state index contributed by atoms with van der Waals surface area (Å²) in [5.74, 6) is -2.75. The van der Waals surface area contributed by atoms with E-state index in [0.717, 1.165) is 55.3 Å². The molecule has 2 N–H and O–H groups in total. The van der Waals surface area contributed by atoms with Crippen LogP contribution < -0.4 is 16.3 Å². The number of piperidine rings is 2. The summed E-state index contributed by atoms with van der Waals surface area (Å²) in [4.78, 5) is 65.4. The van der Waals surface area contributed by atoms with Crippen molar-refractivity contribution in [1.29, 1.82) is 0 Å². The molecule has 1 aromatic heterocycles. The summed E-state index contributed by atoms with van der Waals surface area (Å²) < 4.78 is 35.9. The van der Waals surface area contributed by atoms with Gasteiger partial charge in [-0.15, -0.1) is 0 Å². The first-order chi connectivity index (χ1) is 22.7. The smallest absolute Gasteiger partial charge is 0.408 e. The number of rotatable bonds is 9. The number of hydrogen-bond donors (Lipinski definition) is 2. The van der Waals surface area contributed by atoms with E-state index >= 15 is 0 Å². The van der Waals surface area contributed by atoms with E-state index in [-0.39, 0.29) is 36.8 Å². The first-order valence-corrected chi connectivity index (χ1v) is 16.5. The predicted molar refractivity (Wildman–Crippen MR) is 174 cm³/mol. The molecule has 2 atom stereocenters. The van der Waals surface area contributed by atoms with Gasteiger partial charge in [0.05, 0.1) is 11.0 Å². The number of halogens is 2. The van der Waals surface area contributed by atoms with Crippen molar-refractivity contribution in [3.63, 3.8) is 0 Å². The Morgan fingerprint density at radius 2 is 1.77 bits per heavy atom. The highest BCUT2D eigenvalue weighted by atomic mass is 19.2. The fraction of sp³-hybridized carbons (Fsp3) is 0.514. The first kappa shape index (κ1) is 34.8. The zero-order valence-electron chi connectivity index (χ0n) is 27.8. The molecule has 3 aromatic rings. The number of benzene rings is 2. The number of aromatic nitrogens is 2. The van der Waals surface area contributed by atoms with Crippen LogP contribution in [0.1, 0.15) is 76.5 Å². The first-order valence-electron chi connectivity index (χ1n) is 16.5. The van der Waals surface area contributed by atoms with E-state index in [1.165, 1.54) is 10.6 Å². The summed E-state index contributed by atoms with van der Waals surface area (Å²) in [6.45, 7) is 6.12. The number of hydrogen-bond acceptors (Lipinski definition) is 6. The lowest BCUT2D eigenvalue weighted by Crippen LogP contribution is -2.52. The molecule has 48 heavy (non-hydrogen) atoms. The number of nitrogens with zero attached hydrogens (tertiary/aromatic N) is 3. The maximum atomic E-state index is 13.9. The summed E-state index contributed by atoms with van der Waals surface area (Å²) in [6, 6.07) is 7.37. The van der Waals surface area contributed by atoms with Crippen LogP contribution in [0.2, 0.25) is 0 Å². The molecule has 0 aliphatic carbocycles. The summed E-state index contributed by atoms with van der Waals surface area (Å²) >= 11 is 0. The van der Waals surface area contributed by atoms with Gasteiger partial charge in [-0.1, -0.05) is 18.2 Å². The second-order valence-corrected chi connectivity index (χ2v) is 13.8. The molecule has 2 aromatic carbocycles. The largest absolute Gasteiger partial charge is 0.444 e. The lowest BCUT2D eigenvalue weighted by atomic mass is 9.90. The molecule has 0 saturated carbocycles. The van der Waals surface area contributed by atoms with Gasteiger partial charge in [-0.2, -0.15) is 0 Å². The highest BCUT2D eigenvalue weighted by Crippen LogP contribution is 2.28. The van der Waals surface area contributed by atoms with Gasteiger partial charge in [-0.3, -0.25) is 28.8 Å². The Morgan fingerprint density at radius 1 is 1.04 bits per heavy atom. The van der Waals surface area contributed by atoms with Crippen LogP contribution in [-0.2, 0) is 39.0 Å². The van der Waals surface area contributed by atoms with Crippen molar-refractivity contribution in [1.82, 2.24) is 24.7 Å². The number of imidazole rings is 1. The number of imide groups is 1. The van der Waals surface area contributed by atoms with Crippen LogP contribution in [0.25, 0.3) is 11.0 Å². The molecule has 3 heterocycles. The normalized spacial score (nSPS) is 18.1. The molecular weight excluding hydrogens is 624 g/mol. The monoisotopic (exact) mass is 667 g/mol. The van der Waals surface area contributed by atoms with E-state index in [0.29, 0.717) is 30.1 Å². The molecule has 13 heteroatoms. The summed E-state index contributed by atoms with van der Waals surface area (Å²) in [6.07, 6.45) is 3.70.